The fourth-order valence-corrected chi connectivity index (χ4v) is 2.59. The minimum atomic E-state index is -2.82. The Labute approximate surface area is 98.7 Å². The van der Waals surface area contributed by atoms with E-state index in [1.807, 2.05) is 0 Å². The largest absolute Gasteiger partial charge is 0.381 e. The lowest BCUT2D eigenvalue weighted by molar-refractivity contribution is 0.116. The van der Waals surface area contributed by atoms with Crippen LogP contribution in [-0.4, -0.2) is 46.7 Å². The van der Waals surface area contributed by atoms with Gasteiger partial charge in [0.25, 0.3) is 0 Å². The van der Waals surface area contributed by atoms with Crippen molar-refractivity contribution in [3.8, 4) is 0 Å². The minimum absolute atomic E-state index is 0.234. The Kier molecular flexibility index (Phi) is 6.31. The maximum absolute atomic E-state index is 10.8. The van der Waals surface area contributed by atoms with Crippen LogP contribution >= 0.6 is 0 Å². The van der Waals surface area contributed by atoms with E-state index >= 15 is 0 Å². The lowest BCUT2D eigenvalue weighted by Crippen LogP contribution is -2.30. The average Bonchev–Trinajstić information content (AvgIpc) is 2.23. The second-order valence-corrected chi connectivity index (χ2v) is 6.86. The molecule has 1 unspecified atom stereocenters. The molecule has 1 atom stereocenters. The molecule has 1 N–H and O–H groups in total. The van der Waals surface area contributed by atoms with E-state index < -0.39 is 9.84 Å². The van der Waals surface area contributed by atoms with Gasteiger partial charge in [0, 0.05) is 19.5 Å². The predicted octanol–water partition coefficient (Wildman–Crippen LogP) is 0.827. The molecule has 0 amide bonds. The summed E-state index contributed by atoms with van der Waals surface area (Å²) in [6.07, 6.45) is 5.52. The summed E-state index contributed by atoms with van der Waals surface area (Å²) in [6.45, 7) is 3.57. The smallest absolute Gasteiger partial charge is 0.147 e. The van der Waals surface area contributed by atoms with E-state index in [1.54, 1.807) is 0 Å². The molecule has 1 saturated heterocycles. The normalized spacial score (nSPS) is 22.2. The molecule has 96 valence electrons. The number of hydrogen-bond donors (Lipinski definition) is 1. The van der Waals surface area contributed by atoms with Gasteiger partial charge in [0.05, 0.1) is 5.75 Å². The van der Waals surface area contributed by atoms with E-state index in [0.717, 1.165) is 32.0 Å². The van der Waals surface area contributed by atoms with Gasteiger partial charge in [-0.1, -0.05) is 0 Å². The molecule has 5 heteroatoms. The highest BCUT2D eigenvalue weighted by Crippen LogP contribution is 2.13. The molecule has 4 nitrogen and oxygen atoms in total. The maximum Gasteiger partial charge on any atom is 0.147 e. The highest BCUT2D eigenvalue weighted by atomic mass is 32.2. The van der Waals surface area contributed by atoms with Crippen molar-refractivity contribution in [1.82, 2.24) is 5.32 Å². The van der Waals surface area contributed by atoms with Gasteiger partial charge in [-0.25, -0.2) is 8.42 Å². The Balaban J connectivity index is 1.91. The second-order valence-electron chi connectivity index (χ2n) is 4.60. The first-order valence-electron chi connectivity index (χ1n) is 6.04. The molecule has 0 saturated carbocycles. The van der Waals surface area contributed by atoms with Gasteiger partial charge in [0.1, 0.15) is 9.84 Å². The average molecular weight is 249 g/mol. The Bertz CT molecular complexity index is 271. The van der Waals surface area contributed by atoms with E-state index in [4.69, 9.17) is 4.74 Å². The van der Waals surface area contributed by atoms with Gasteiger partial charge in [-0.2, -0.15) is 0 Å². The molecular weight excluding hydrogens is 226 g/mol. The maximum atomic E-state index is 10.8. The molecular formula is C11H23NO3S. The van der Waals surface area contributed by atoms with Crippen LogP contribution in [0.3, 0.4) is 0 Å². The van der Waals surface area contributed by atoms with E-state index in [-0.39, 0.29) is 5.75 Å². The summed E-state index contributed by atoms with van der Waals surface area (Å²) in [5, 5.41) is 3.37. The number of ether oxygens (including phenoxy) is 1. The molecule has 1 rings (SSSR count). The van der Waals surface area contributed by atoms with Crippen molar-refractivity contribution < 1.29 is 13.2 Å². The minimum Gasteiger partial charge on any atom is -0.381 e. The van der Waals surface area contributed by atoms with Crippen LogP contribution in [0.2, 0.25) is 0 Å². The SMILES string of the molecule is CS(=O)(=O)CCCOCCC1CCCNC1. The number of rotatable bonds is 7. The van der Waals surface area contributed by atoms with Crippen LogP contribution < -0.4 is 5.32 Å². The first kappa shape index (κ1) is 13.9. The highest BCUT2D eigenvalue weighted by Gasteiger charge is 2.12. The monoisotopic (exact) mass is 249 g/mol. The Morgan fingerprint density at radius 1 is 1.38 bits per heavy atom. The van der Waals surface area contributed by atoms with E-state index in [1.165, 1.54) is 19.1 Å². The van der Waals surface area contributed by atoms with E-state index in [2.05, 4.69) is 5.32 Å². The summed E-state index contributed by atoms with van der Waals surface area (Å²) < 4.78 is 27.1. The molecule has 1 heterocycles. The van der Waals surface area contributed by atoms with Crippen LogP contribution in [0.1, 0.15) is 25.7 Å². The summed E-state index contributed by atoms with van der Waals surface area (Å²) in [6, 6.07) is 0. The summed E-state index contributed by atoms with van der Waals surface area (Å²) >= 11 is 0. The van der Waals surface area contributed by atoms with Gasteiger partial charge in [-0.15, -0.1) is 0 Å². The lowest BCUT2D eigenvalue weighted by atomic mass is 9.97. The Hall–Kier alpha value is -0.130. The molecule has 1 aliphatic heterocycles. The van der Waals surface area contributed by atoms with Crippen LogP contribution in [0.25, 0.3) is 0 Å². The third-order valence-corrected chi connectivity index (χ3v) is 3.90. The van der Waals surface area contributed by atoms with Crippen molar-refractivity contribution in [3.05, 3.63) is 0 Å². The third kappa shape index (κ3) is 7.19. The summed E-state index contributed by atoms with van der Waals surface area (Å²) in [5.74, 6) is 0.974. The fourth-order valence-electron chi connectivity index (χ4n) is 1.95. The first-order chi connectivity index (χ1) is 7.58. The van der Waals surface area contributed by atoms with Crippen LogP contribution in [0.15, 0.2) is 0 Å². The highest BCUT2D eigenvalue weighted by molar-refractivity contribution is 7.90. The van der Waals surface area contributed by atoms with Crippen molar-refractivity contribution in [2.45, 2.75) is 25.7 Å². The number of nitrogens with one attached hydrogen (secondary N) is 1. The van der Waals surface area contributed by atoms with Gasteiger partial charge in [-0.3, -0.25) is 0 Å². The van der Waals surface area contributed by atoms with Gasteiger partial charge in [-0.05, 0) is 44.7 Å². The molecule has 0 spiro atoms. The van der Waals surface area contributed by atoms with Crippen LogP contribution in [-0.2, 0) is 14.6 Å². The molecule has 1 aliphatic rings. The Morgan fingerprint density at radius 3 is 2.81 bits per heavy atom. The quantitative estimate of drug-likeness (QED) is 0.679. The van der Waals surface area contributed by atoms with Gasteiger partial charge in [0.15, 0.2) is 0 Å². The number of hydrogen-bond acceptors (Lipinski definition) is 4. The molecule has 0 aromatic rings. The number of piperidine rings is 1. The van der Waals surface area contributed by atoms with E-state index in [0.29, 0.717) is 13.0 Å². The Morgan fingerprint density at radius 2 is 2.19 bits per heavy atom. The van der Waals surface area contributed by atoms with Gasteiger partial charge in [0.2, 0.25) is 0 Å². The number of sulfone groups is 1. The molecule has 0 radical (unpaired) electrons. The third-order valence-electron chi connectivity index (χ3n) is 2.87. The fraction of sp³-hybridized carbons (Fsp3) is 1.00. The standard InChI is InChI=1S/C11H23NO3S/c1-16(13,14)9-3-7-15-8-5-11-4-2-6-12-10-11/h11-12H,2-10H2,1H3. The summed E-state index contributed by atoms with van der Waals surface area (Å²) in [7, 11) is -2.82. The zero-order valence-corrected chi connectivity index (χ0v) is 10.9. The molecule has 1 fully saturated rings. The molecule has 0 aromatic carbocycles. The van der Waals surface area contributed by atoms with Crippen LogP contribution in [0, 0.1) is 5.92 Å². The zero-order valence-electron chi connectivity index (χ0n) is 10.1. The molecule has 16 heavy (non-hydrogen) atoms. The van der Waals surface area contributed by atoms with Crippen molar-refractivity contribution in [2.24, 2.45) is 5.92 Å². The lowest BCUT2D eigenvalue weighted by Gasteiger charge is -2.22. The van der Waals surface area contributed by atoms with Crippen molar-refractivity contribution in [2.75, 3.05) is 38.3 Å². The zero-order chi connectivity index (χ0) is 11.9. The second kappa shape index (κ2) is 7.25. The topological polar surface area (TPSA) is 55.4 Å². The van der Waals surface area contributed by atoms with Crippen molar-refractivity contribution >= 4 is 9.84 Å². The van der Waals surface area contributed by atoms with Crippen LogP contribution in [0.4, 0.5) is 0 Å². The first-order valence-corrected chi connectivity index (χ1v) is 8.10. The molecule has 0 aliphatic carbocycles. The van der Waals surface area contributed by atoms with Crippen molar-refractivity contribution in [3.63, 3.8) is 0 Å². The summed E-state index contributed by atoms with van der Waals surface area (Å²) in [4.78, 5) is 0. The van der Waals surface area contributed by atoms with Crippen molar-refractivity contribution in [1.29, 1.82) is 0 Å². The van der Waals surface area contributed by atoms with E-state index in [9.17, 15) is 8.42 Å². The molecule has 0 bridgehead atoms. The van der Waals surface area contributed by atoms with Gasteiger partial charge >= 0.3 is 0 Å². The molecule has 0 aromatic heterocycles. The summed E-state index contributed by atoms with van der Waals surface area (Å²) in [5.41, 5.74) is 0. The van der Waals surface area contributed by atoms with Gasteiger partial charge < -0.3 is 10.1 Å². The van der Waals surface area contributed by atoms with Crippen LogP contribution in [0.5, 0.6) is 0 Å². The predicted molar refractivity (Wildman–Crippen MR) is 65.4 cm³/mol.